The van der Waals surface area contributed by atoms with Crippen molar-refractivity contribution >= 4 is 17.4 Å². The first-order valence-corrected chi connectivity index (χ1v) is 7.58. The van der Waals surface area contributed by atoms with E-state index in [1.807, 2.05) is 55.5 Å². The Hall–Kier alpha value is -2.82. The van der Waals surface area contributed by atoms with Gasteiger partial charge < -0.3 is 14.6 Å². The van der Waals surface area contributed by atoms with Crippen LogP contribution in [0.25, 0.3) is 11.0 Å². The lowest BCUT2D eigenvalue weighted by atomic mass is 10.2. The lowest BCUT2D eigenvalue weighted by Gasteiger charge is -2.11. The van der Waals surface area contributed by atoms with Crippen molar-refractivity contribution in [3.05, 3.63) is 59.9 Å². The van der Waals surface area contributed by atoms with Gasteiger partial charge in [-0.1, -0.05) is 29.8 Å². The van der Waals surface area contributed by atoms with E-state index in [1.54, 1.807) is 0 Å². The van der Waals surface area contributed by atoms with Gasteiger partial charge >= 0.3 is 0 Å². The molecule has 2 aromatic carbocycles. The number of carbonyl (C=O) groups is 1. The summed E-state index contributed by atoms with van der Waals surface area (Å²) in [6, 6.07) is 15.9. The van der Waals surface area contributed by atoms with Gasteiger partial charge in [-0.25, -0.2) is 4.98 Å². The molecular formula is C18H19N3O2. The number of hydrogen-bond acceptors (Lipinski definition) is 3. The fraction of sp³-hybridized carbons (Fsp3) is 0.222. The van der Waals surface area contributed by atoms with Crippen molar-refractivity contribution in [3.63, 3.8) is 0 Å². The quantitative estimate of drug-likeness (QED) is 0.683. The summed E-state index contributed by atoms with van der Waals surface area (Å²) in [7, 11) is 0. The molecular weight excluding hydrogens is 290 g/mol. The summed E-state index contributed by atoms with van der Waals surface area (Å²) in [5, 5.41) is 2.68. The topological polar surface area (TPSA) is 56.1 Å². The summed E-state index contributed by atoms with van der Waals surface area (Å²) in [4.78, 5) is 15.1. The lowest BCUT2D eigenvalue weighted by molar-refractivity contribution is -0.109. The highest BCUT2D eigenvalue weighted by Crippen LogP contribution is 2.17. The molecule has 118 valence electrons. The van der Waals surface area contributed by atoms with Crippen LogP contribution >= 0.6 is 0 Å². The van der Waals surface area contributed by atoms with Gasteiger partial charge in [0, 0.05) is 0 Å². The molecule has 0 saturated carbocycles. The summed E-state index contributed by atoms with van der Waals surface area (Å²) in [6.07, 6.45) is 0.687. The Kier molecular flexibility index (Phi) is 4.57. The minimum absolute atomic E-state index is 0.405. The van der Waals surface area contributed by atoms with Gasteiger partial charge in [0.2, 0.25) is 6.41 Å². The van der Waals surface area contributed by atoms with Gasteiger partial charge in [0.1, 0.15) is 18.2 Å². The molecule has 0 aliphatic carbocycles. The zero-order valence-corrected chi connectivity index (χ0v) is 13.0. The van der Waals surface area contributed by atoms with Gasteiger partial charge in [0.05, 0.1) is 24.1 Å². The van der Waals surface area contributed by atoms with Crippen molar-refractivity contribution in [1.82, 2.24) is 14.9 Å². The molecule has 0 unspecified atom stereocenters. The Morgan fingerprint density at radius 1 is 1.17 bits per heavy atom. The second kappa shape index (κ2) is 6.96. The Labute approximate surface area is 134 Å². The molecule has 1 heterocycles. The number of fused-ring (bicyclic) bond motifs is 1. The van der Waals surface area contributed by atoms with Crippen molar-refractivity contribution in [1.29, 1.82) is 0 Å². The number of ether oxygens (including phenoxy) is 1. The number of amides is 1. The van der Waals surface area contributed by atoms with Gasteiger partial charge in [0.15, 0.2) is 0 Å². The number of imidazole rings is 1. The SMILES string of the molecule is Cc1ccc(OCCn2c(CNC=O)nc3ccccc32)cc1. The zero-order valence-electron chi connectivity index (χ0n) is 13.0. The lowest BCUT2D eigenvalue weighted by Crippen LogP contribution is -2.17. The van der Waals surface area contributed by atoms with E-state index in [0.717, 1.165) is 22.6 Å². The van der Waals surface area contributed by atoms with Crippen LogP contribution in [0.5, 0.6) is 5.75 Å². The molecule has 1 N–H and O–H groups in total. The highest BCUT2D eigenvalue weighted by Gasteiger charge is 2.09. The van der Waals surface area contributed by atoms with Crippen molar-refractivity contribution < 1.29 is 9.53 Å². The van der Waals surface area contributed by atoms with Gasteiger partial charge in [0.25, 0.3) is 0 Å². The first kappa shape index (κ1) is 15.1. The molecule has 0 aliphatic heterocycles. The predicted molar refractivity (Wildman–Crippen MR) is 89.3 cm³/mol. The number of carbonyl (C=O) groups excluding carboxylic acids is 1. The van der Waals surface area contributed by atoms with Crippen LogP contribution in [-0.4, -0.2) is 22.6 Å². The number of aryl methyl sites for hydroxylation is 1. The third kappa shape index (κ3) is 3.51. The monoisotopic (exact) mass is 309 g/mol. The fourth-order valence-electron chi connectivity index (χ4n) is 2.53. The molecule has 0 atom stereocenters. The largest absolute Gasteiger partial charge is 0.492 e. The van der Waals surface area contributed by atoms with Crippen LogP contribution in [-0.2, 0) is 17.9 Å². The smallest absolute Gasteiger partial charge is 0.207 e. The van der Waals surface area contributed by atoms with Crippen LogP contribution in [0.3, 0.4) is 0 Å². The summed E-state index contributed by atoms with van der Waals surface area (Å²) in [5.41, 5.74) is 3.17. The first-order valence-electron chi connectivity index (χ1n) is 7.58. The Balaban J connectivity index is 1.75. The van der Waals surface area contributed by atoms with Gasteiger partial charge in [-0.2, -0.15) is 0 Å². The summed E-state index contributed by atoms with van der Waals surface area (Å²) in [5.74, 6) is 1.68. The van der Waals surface area contributed by atoms with E-state index >= 15 is 0 Å². The second-order valence-electron chi connectivity index (χ2n) is 5.33. The number of nitrogens with one attached hydrogen (secondary N) is 1. The van der Waals surface area contributed by atoms with E-state index in [2.05, 4.69) is 14.9 Å². The average molecular weight is 309 g/mol. The van der Waals surface area contributed by atoms with E-state index < -0.39 is 0 Å². The highest BCUT2D eigenvalue weighted by molar-refractivity contribution is 5.75. The van der Waals surface area contributed by atoms with E-state index in [4.69, 9.17) is 4.74 Å². The Bertz CT molecular complexity index is 794. The van der Waals surface area contributed by atoms with Crippen molar-refractivity contribution in [3.8, 4) is 5.75 Å². The van der Waals surface area contributed by atoms with Crippen LogP contribution < -0.4 is 10.1 Å². The number of para-hydroxylation sites is 2. The molecule has 3 rings (SSSR count). The molecule has 1 aromatic heterocycles. The van der Waals surface area contributed by atoms with Gasteiger partial charge in [-0.15, -0.1) is 0 Å². The zero-order chi connectivity index (χ0) is 16.1. The van der Waals surface area contributed by atoms with Gasteiger partial charge in [-0.05, 0) is 31.2 Å². The number of rotatable bonds is 7. The number of benzene rings is 2. The minimum atomic E-state index is 0.405. The molecule has 0 fully saturated rings. The van der Waals surface area contributed by atoms with Crippen LogP contribution in [0.1, 0.15) is 11.4 Å². The molecule has 1 amide bonds. The number of hydrogen-bond donors (Lipinski definition) is 1. The second-order valence-corrected chi connectivity index (χ2v) is 5.33. The van der Waals surface area contributed by atoms with E-state index in [0.29, 0.717) is 26.1 Å². The first-order chi connectivity index (χ1) is 11.3. The van der Waals surface area contributed by atoms with Gasteiger partial charge in [-0.3, -0.25) is 4.79 Å². The van der Waals surface area contributed by atoms with E-state index in [-0.39, 0.29) is 0 Å². The molecule has 0 aliphatic rings. The highest BCUT2D eigenvalue weighted by atomic mass is 16.5. The molecule has 5 heteroatoms. The number of aromatic nitrogens is 2. The van der Waals surface area contributed by atoms with Crippen LogP contribution in [0.15, 0.2) is 48.5 Å². The molecule has 0 radical (unpaired) electrons. The maximum atomic E-state index is 10.6. The standard InChI is InChI=1S/C18H19N3O2/c1-14-6-8-15(9-7-14)23-11-10-21-17-5-3-2-4-16(17)20-18(21)12-19-13-22/h2-9,13H,10-12H2,1H3,(H,19,22). The molecule has 0 bridgehead atoms. The Morgan fingerprint density at radius 3 is 2.74 bits per heavy atom. The summed E-state index contributed by atoms with van der Waals surface area (Å²) >= 11 is 0. The van der Waals surface area contributed by atoms with E-state index in [1.165, 1.54) is 5.56 Å². The molecule has 5 nitrogen and oxygen atoms in total. The summed E-state index contributed by atoms with van der Waals surface area (Å²) < 4.78 is 7.89. The van der Waals surface area contributed by atoms with Crippen molar-refractivity contribution in [2.24, 2.45) is 0 Å². The molecule has 0 saturated heterocycles. The predicted octanol–water partition coefficient (Wildman–Crippen LogP) is 2.67. The van der Waals surface area contributed by atoms with Crippen molar-refractivity contribution in [2.45, 2.75) is 20.0 Å². The average Bonchev–Trinajstić information content (AvgIpc) is 2.93. The minimum Gasteiger partial charge on any atom is -0.492 e. The fourth-order valence-corrected chi connectivity index (χ4v) is 2.53. The maximum Gasteiger partial charge on any atom is 0.207 e. The van der Waals surface area contributed by atoms with Crippen LogP contribution in [0.2, 0.25) is 0 Å². The van der Waals surface area contributed by atoms with E-state index in [9.17, 15) is 4.79 Å². The van der Waals surface area contributed by atoms with Crippen molar-refractivity contribution in [2.75, 3.05) is 6.61 Å². The van der Waals surface area contributed by atoms with Crippen LogP contribution in [0, 0.1) is 6.92 Å². The molecule has 3 aromatic rings. The third-order valence-corrected chi connectivity index (χ3v) is 3.68. The maximum absolute atomic E-state index is 10.6. The van der Waals surface area contributed by atoms with Crippen LogP contribution in [0.4, 0.5) is 0 Å². The Morgan fingerprint density at radius 2 is 1.96 bits per heavy atom. The summed E-state index contributed by atoms with van der Waals surface area (Å²) in [6.45, 7) is 3.66. The number of nitrogens with zero attached hydrogens (tertiary/aromatic N) is 2. The third-order valence-electron chi connectivity index (χ3n) is 3.68. The molecule has 23 heavy (non-hydrogen) atoms. The normalized spacial score (nSPS) is 10.7. The molecule has 0 spiro atoms.